The number of halogens is 4. The third kappa shape index (κ3) is 2.20. The van der Waals surface area contributed by atoms with Crippen LogP contribution in [0.3, 0.4) is 0 Å². The molecule has 11 heavy (non-hydrogen) atoms. The molecule has 0 N–H and O–H groups in total. The van der Waals surface area contributed by atoms with Gasteiger partial charge in [-0.2, -0.15) is 0 Å². The van der Waals surface area contributed by atoms with Crippen LogP contribution in [0.5, 0.6) is 0 Å². The van der Waals surface area contributed by atoms with Gasteiger partial charge in [0.15, 0.2) is 0 Å². The van der Waals surface area contributed by atoms with Gasteiger partial charge in [0.2, 0.25) is 0 Å². The van der Waals surface area contributed by atoms with Gasteiger partial charge in [0.05, 0.1) is 0 Å². The number of hydrogen-bond acceptors (Lipinski definition) is 0. The highest BCUT2D eigenvalue weighted by atomic mass is 127. The predicted molar refractivity (Wildman–Crippen MR) is 53.6 cm³/mol. The Balaban J connectivity index is 3.21. The number of rotatable bonds is 1. The molecule has 0 bridgehead atoms. The molecular weight excluding hydrogens is 301 g/mol. The van der Waals surface area contributed by atoms with E-state index in [9.17, 15) is 4.39 Å². The van der Waals surface area contributed by atoms with Crippen molar-refractivity contribution in [2.75, 3.05) is 0 Å². The Morgan fingerprint density at radius 2 is 2.00 bits per heavy atom. The second kappa shape index (κ2) is 3.92. The highest BCUT2D eigenvalue weighted by molar-refractivity contribution is 14.1. The summed E-state index contributed by atoms with van der Waals surface area (Å²) in [7, 11) is 0. The molecule has 0 radical (unpaired) electrons. The van der Waals surface area contributed by atoms with Gasteiger partial charge in [-0.1, -0.05) is 29.3 Å². The zero-order chi connectivity index (χ0) is 8.43. The second-order valence-electron chi connectivity index (χ2n) is 1.94. The molecular formula is C7H4Cl2FI. The molecule has 60 valence electrons. The standard InChI is InChI=1S/C7H4Cl2FI/c8-7(9)6-4(10)2-1-3-5(6)11/h1-3,7H. The molecule has 0 aliphatic carbocycles. The SMILES string of the molecule is Fc1cccc(I)c1C(Cl)Cl. The summed E-state index contributed by atoms with van der Waals surface area (Å²) in [5.74, 6) is -0.355. The van der Waals surface area contributed by atoms with Gasteiger partial charge in [-0.15, -0.1) is 0 Å². The number of benzene rings is 1. The van der Waals surface area contributed by atoms with Crippen LogP contribution in [0.2, 0.25) is 0 Å². The van der Waals surface area contributed by atoms with Crippen LogP contribution < -0.4 is 0 Å². The minimum Gasteiger partial charge on any atom is -0.207 e. The number of alkyl halides is 2. The van der Waals surface area contributed by atoms with Gasteiger partial charge < -0.3 is 0 Å². The van der Waals surface area contributed by atoms with E-state index in [0.29, 0.717) is 5.56 Å². The first-order valence-electron chi connectivity index (χ1n) is 2.85. The van der Waals surface area contributed by atoms with Crippen molar-refractivity contribution < 1.29 is 4.39 Å². The molecule has 0 saturated heterocycles. The summed E-state index contributed by atoms with van der Waals surface area (Å²) < 4.78 is 13.7. The van der Waals surface area contributed by atoms with Crippen molar-refractivity contribution in [1.29, 1.82) is 0 Å². The maximum Gasteiger partial charge on any atom is 0.136 e. The Hall–Kier alpha value is 0.460. The van der Waals surface area contributed by atoms with Crippen LogP contribution in [0.4, 0.5) is 4.39 Å². The van der Waals surface area contributed by atoms with Crippen molar-refractivity contribution in [3.63, 3.8) is 0 Å². The van der Waals surface area contributed by atoms with Crippen LogP contribution in [-0.2, 0) is 0 Å². The second-order valence-corrected chi connectivity index (χ2v) is 4.19. The van der Waals surface area contributed by atoms with Gasteiger partial charge >= 0.3 is 0 Å². The molecule has 0 amide bonds. The summed E-state index contributed by atoms with van der Waals surface area (Å²) in [6, 6.07) is 4.72. The highest BCUT2D eigenvalue weighted by Crippen LogP contribution is 2.30. The maximum atomic E-state index is 12.9. The first-order valence-corrected chi connectivity index (χ1v) is 4.80. The van der Waals surface area contributed by atoms with Crippen LogP contribution in [0.25, 0.3) is 0 Å². The van der Waals surface area contributed by atoms with E-state index in [1.165, 1.54) is 6.07 Å². The molecule has 0 fully saturated rings. The van der Waals surface area contributed by atoms with E-state index in [2.05, 4.69) is 0 Å². The Kier molecular flexibility index (Phi) is 3.40. The molecule has 0 nitrogen and oxygen atoms in total. The molecule has 0 spiro atoms. The summed E-state index contributed by atoms with van der Waals surface area (Å²) in [6.07, 6.45) is 0. The fourth-order valence-corrected chi connectivity index (χ4v) is 2.31. The minimum absolute atomic E-state index is 0.355. The van der Waals surface area contributed by atoms with E-state index < -0.39 is 4.84 Å². The third-order valence-corrected chi connectivity index (χ3v) is 2.60. The van der Waals surface area contributed by atoms with E-state index in [0.717, 1.165) is 3.57 Å². The van der Waals surface area contributed by atoms with E-state index >= 15 is 0 Å². The van der Waals surface area contributed by atoms with E-state index in [-0.39, 0.29) is 5.82 Å². The average molecular weight is 305 g/mol. The summed E-state index contributed by atoms with van der Waals surface area (Å²) in [6.45, 7) is 0. The van der Waals surface area contributed by atoms with Crippen molar-refractivity contribution in [2.45, 2.75) is 4.84 Å². The lowest BCUT2D eigenvalue weighted by Gasteiger charge is -2.04. The van der Waals surface area contributed by atoms with E-state index in [4.69, 9.17) is 23.2 Å². The van der Waals surface area contributed by atoms with Gasteiger partial charge in [0.1, 0.15) is 10.7 Å². The largest absolute Gasteiger partial charge is 0.207 e. The molecule has 0 saturated carbocycles. The Morgan fingerprint density at radius 3 is 2.36 bits per heavy atom. The fourth-order valence-electron chi connectivity index (χ4n) is 0.719. The van der Waals surface area contributed by atoms with Crippen LogP contribution >= 0.6 is 45.8 Å². The molecule has 0 heterocycles. The van der Waals surface area contributed by atoms with Crippen molar-refractivity contribution in [2.24, 2.45) is 0 Å². The van der Waals surface area contributed by atoms with Crippen LogP contribution in [0, 0.1) is 9.39 Å². The summed E-state index contributed by atoms with van der Waals surface area (Å²) in [4.78, 5) is -0.789. The smallest absolute Gasteiger partial charge is 0.136 e. The van der Waals surface area contributed by atoms with E-state index in [1.54, 1.807) is 12.1 Å². The zero-order valence-corrected chi connectivity index (χ0v) is 8.99. The van der Waals surface area contributed by atoms with Gasteiger partial charge in [0, 0.05) is 9.13 Å². The van der Waals surface area contributed by atoms with Crippen molar-refractivity contribution in [3.05, 3.63) is 33.1 Å². The molecule has 0 aliphatic heterocycles. The Morgan fingerprint density at radius 1 is 1.36 bits per heavy atom. The van der Waals surface area contributed by atoms with Crippen LogP contribution in [-0.4, -0.2) is 0 Å². The third-order valence-electron chi connectivity index (χ3n) is 1.22. The van der Waals surface area contributed by atoms with Crippen molar-refractivity contribution >= 4 is 45.8 Å². The summed E-state index contributed by atoms with van der Waals surface area (Å²) in [5.41, 5.74) is 0.358. The lowest BCUT2D eigenvalue weighted by molar-refractivity contribution is 0.614. The first-order chi connectivity index (χ1) is 5.13. The molecule has 0 unspecified atom stereocenters. The number of hydrogen-bond donors (Lipinski definition) is 0. The molecule has 1 rings (SSSR count). The monoisotopic (exact) mass is 304 g/mol. The van der Waals surface area contributed by atoms with E-state index in [1.807, 2.05) is 22.6 Å². The highest BCUT2D eigenvalue weighted by Gasteiger charge is 2.12. The normalized spacial score (nSPS) is 10.6. The summed E-state index contributed by atoms with van der Waals surface area (Å²) in [5, 5.41) is 0. The fraction of sp³-hybridized carbons (Fsp3) is 0.143. The molecule has 0 atom stereocenters. The molecule has 1 aromatic rings. The molecule has 0 aromatic heterocycles. The average Bonchev–Trinajstić information content (AvgIpc) is 1.85. The van der Waals surface area contributed by atoms with Crippen molar-refractivity contribution in [3.8, 4) is 0 Å². The lowest BCUT2D eigenvalue weighted by atomic mass is 10.2. The summed E-state index contributed by atoms with van der Waals surface area (Å²) >= 11 is 13.1. The molecule has 0 aliphatic rings. The minimum atomic E-state index is -0.789. The Bertz CT molecular complexity index is 242. The molecule has 1 aromatic carbocycles. The van der Waals surface area contributed by atoms with Gasteiger partial charge in [-0.25, -0.2) is 4.39 Å². The van der Waals surface area contributed by atoms with Crippen molar-refractivity contribution in [1.82, 2.24) is 0 Å². The van der Waals surface area contributed by atoms with Gasteiger partial charge in [-0.05, 0) is 34.7 Å². The Labute approximate surface area is 87.8 Å². The lowest BCUT2D eigenvalue weighted by Crippen LogP contribution is -1.91. The quantitative estimate of drug-likeness (QED) is 0.545. The zero-order valence-electron chi connectivity index (χ0n) is 5.32. The predicted octanol–water partition coefficient (Wildman–Crippen LogP) is 3.91. The van der Waals surface area contributed by atoms with Gasteiger partial charge in [0.25, 0.3) is 0 Å². The van der Waals surface area contributed by atoms with Crippen LogP contribution in [0.1, 0.15) is 10.4 Å². The van der Waals surface area contributed by atoms with Gasteiger partial charge in [-0.3, -0.25) is 0 Å². The maximum absolute atomic E-state index is 12.9. The topological polar surface area (TPSA) is 0 Å². The van der Waals surface area contributed by atoms with Crippen LogP contribution in [0.15, 0.2) is 18.2 Å². The first kappa shape index (κ1) is 9.55. The molecule has 4 heteroatoms.